The molecule has 0 amide bonds. The van der Waals surface area contributed by atoms with E-state index >= 15 is 0 Å². The number of carbonyl (C=O) groups excluding carboxylic acids is 1. The first kappa shape index (κ1) is 17.0. The summed E-state index contributed by atoms with van der Waals surface area (Å²) in [4.78, 5) is 26.7. The third kappa shape index (κ3) is 3.20. The van der Waals surface area contributed by atoms with E-state index < -0.39 is 11.9 Å². The van der Waals surface area contributed by atoms with E-state index in [9.17, 15) is 9.59 Å². The molecule has 0 aliphatic carbocycles. The number of aromatic carboxylic acids is 1. The lowest BCUT2D eigenvalue weighted by molar-refractivity contribution is 0.0592. The third-order valence-electron chi connectivity index (χ3n) is 3.43. The number of aromatic nitrogens is 5. The van der Waals surface area contributed by atoms with Crippen LogP contribution < -0.4 is 4.74 Å². The fourth-order valence-corrected chi connectivity index (χ4v) is 2.17. The van der Waals surface area contributed by atoms with Crippen molar-refractivity contribution in [2.75, 3.05) is 14.2 Å². The molecule has 0 spiro atoms. The normalized spacial score (nSPS) is 10.4. The van der Waals surface area contributed by atoms with Crippen LogP contribution in [0, 0.1) is 0 Å². The summed E-state index contributed by atoms with van der Waals surface area (Å²) in [7, 11) is 2.71. The largest absolute Gasteiger partial charge is 0.480 e. The summed E-state index contributed by atoms with van der Waals surface area (Å²) >= 11 is 0. The van der Waals surface area contributed by atoms with Crippen molar-refractivity contribution in [3.63, 3.8) is 0 Å². The highest BCUT2D eigenvalue weighted by Gasteiger charge is 2.19. The van der Waals surface area contributed by atoms with E-state index in [1.807, 2.05) is 0 Å². The molecule has 0 radical (unpaired) electrons. The van der Waals surface area contributed by atoms with Gasteiger partial charge in [-0.15, -0.1) is 10.2 Å². The Morgan fingerprint density at radius 2 is 1.88 bits per heavy atom. The Morgan fingerprint density at radius 1 is 1.08 bits per heavy atom. The molecule has 0 atom stereocenters. The van der Waals surface area contributed by atoms with Crippen LogP contribution in [-0.4, -0.2) is 56.2 Å². The van der Waals surface area contributed by atoms with Crippen molar-refractivity contribution in [2.24, 2.45) is 0 Å². The van der Waals surface area contributed by atoms with Gasteiger partial charge in [-0.3, -0.25) is 0 Å². The molecule has 0 aliphatic heterocycles. The number of hydrogen-bond donors (Lipinski definition) is 1. The van der Waals surface area contributed by atoms with Gasteiger partial charge in [-0.05, 0) is 24.3 Å². The molecule has 10 nitrogen and oxygen atoms in total. The molecule has 3 rings (SSSR count). The van der Waals surface area contributed by atoms with Crippen LogP contribution in [0.25, 0.3) is 17.1 Å². The first-order valence-electron chi connectivity index (χ1n) is 7.29. The Bertz CT molecular complexity index is 950. The fraction of sp³-hybridized carbons (Fsp3) is 0.125. The molecule has 0 aliphatic rings. The number of ether oxygens (including phenoxy) is 2. The minimum absolute atomic E-state index is 0.0578. The van der Waals surface area contributed by atoms with Crippen LogP contribution in [0.4, 0.5) is 0 Å². The molecular formula is C16H13N5O5. The van der Waals surface area contributed by atoms with Gasteiger partial charge >= 0.3 is 11.9 Å². The van der Waals surface area contributed by atoms with E-state index in [1.165, 1.54) is 37.2 Å². The molecule has 0 saturated carbocycles. The summed E-state index contributed by atoms with van der Waals surface area (Å²) in [5.41, 5.74) is 0.962. The molecule has 0 unspecified atom stereocenters. The summed E-state index contributed by atoms with van der Waals surface area (Å²) in [6.45, 7) is 0. The standard InChI is InChI=1S/C16H13N5O5/c1-25-14-6-5-13(18-19-14)21-12(7-11(20-21)16(24)26-2)9-3-4-10(15(22)23)17-8-9/h3-8H,1-2H3,(H,22,23). The molecule has 0 bridgehead atoms. The highest BCUT2D eigenvalue weighted by Crippen LogP contribution is 2.23. The van der Waals surface area contributed by atoms with Crippen LogP contribution in [0.1, 0.15) is 21.0 Å². The summed E-state index contributed by atoms with van der Waals surface area (Å²) in [5, 5.41) is 21.0. The van der Waals surface area contributed by atoms with Gasteiger partial charge < -0.3 is 14.6 Å². The Labute approximate surface area is 147 Å². The van der Waals surface area contributed by atoms with Crippen LogP contribution in [0.3, 0.4) is 0 Å². The molecule has 3 aromatic heterocycles. The van der Waals surface area contributed by atoms with Crippen molar-refractivity contribution in [3.8, 4) is 23.0 Å². The number of carbonyl (C=O) groups is 2. The Morgan fingerprint density at radius 3 is 2.42 bits per heavy atom. The molecule has 132 valence electrons. The summed E-state index contributed by atoms with van der Waals surface area (Å²) in [6.07, 6.45) is 1.37. The van der Waals surface area contributed by atoms with E-state index in [0.717, 1.165) is 0 Å². The van der Waals surface area contributed by atoms with Gasteiger partial charge in [-0.1, -0.05) is 0 Å². The quantitative estimate of drug-likeness (QED) is 0.671. The summed E-state index contributed by atoms with van der Waals surface area (Å²) in [5.74, 6) is -1.11. The minimum atomic E-state index is -1.14. The van der Waals surface area contributed by atoms with Gasteiger partial charge in [0.05, 0.1) is 19.9 Å². The third-order valence-corrected chi connectivity index (χ3v) is 3.43. The minimum Gasteiger partial charge on any atom is -0.480 e. The Kier molecular flexibility index (Phi) is 4.56. The number of methoxy groups -OCH3 is 2. The summed E-state index contributed by atoms with van der Waals surface area (Å²) < 4.78 is 11.1. The lowest BCUT2D eigenvalue weighted by Gasteiger charge is -2.06. The highest BCUT2D eigenvalue weighted by atomic mass is 16.5. The second-order valence-corrected chi connectivity index (χ2v) is 4.99. The van der Waals surface area contributed by atoms with Crippen molar-refractivity contribution in [1.29, 1.82) is 0 Å². The molecule has 0 saturated heterocycles. The van der Waals surface area contributed by atoms with Crippen LogP contribution in [-0.2, 0) is 4.74 Å². The molecule has 0 aromatic carbocycles. The second kappa shape index (κ2) is 6.97. The average Bonchev–Trinajstić information content (AvgIpc) is 3.13. The molecule has 1 N–H and O–H groups in total. The molecule has 0 fully saturated rings. The van der Waals surface area contributed by atoms with Gasteiger partial charge in [0.1, 0.15) is 5.69 Å². The second-order valence-electron chi connectivity index (χ2n) is 4.99. The Balaban J connectivity index is 2.11. The molecular weight excluding hydrogens is 342 g/mol. The van der Waals surface area contributed by atoms with Gasteiger partial charge in [0.2, 0.25) is 5.88 Å². The monoisotopic (exact) mass is 355 g/mol. The average molecular weight is 355 g/mol. The molecule has 26 heavy (non-hydrogen) atoms. The maximum absolute atomic E-state index is 11.8. The SMILES string of the molecule is COC(=O)c1cc(-c2ccc(C(=O)O)nc2)n(-c2ccc(OC)nn2)n1. The first-order valence-corrected chi connectivity index (χ1v) is 7.29. The van der Waals surface area contributed by atoms with Crippen LogP contribution >= 0.6 is 0 Å². The Hall–Kier alpha value is -3.82. The van der Waals surface area contributed by atoms with E-state index in [-0.39, 0.29) is 11.4 Å². The van der Waals surface area contributed by atoms with Gasteiger partial charge in [-0.2, -0.15) is 5.10 Å². The van der Waals surface area contributed by atoms with Crippen molar-refractivity contribution >= 4 is 11.9 Å². The van der Waals surface area contributed by atoms with Crippen molar-refractivity contribution in [1.82, 2.24) is 25.0 Å². The molecule has 3 heterocycles. The van der Waals surface area contributed by atoms with Crippen LogP contribution in [0.15, 0.2) is 36.5 Å². The lowest BCUT2D eigenvalue weighted by atomic mass is 10.2. The van der Waals surface area contributed by atoms with Gasteiger partial charge in [-0.25, -0.2) is 19.3 Å². The lowest BCUT2D eigenvalue weighted by Crippen LogP contribution is -2.07. The van der Waals surface area contributed by atoms with E-state index in [2.05, 4.69) is 20.3 Å². The topological polar surface area (TPSA) is 129 Å². The van der Waals surface area contributed by atoms with E-state index in [4.69, 9.17) is 14.6 Å². The van der Waals surface area contributed by atoms with E-state index in [0.29, 0.717) is 23.0 Å². The van der Waals surface area contributed by atoms with Gasteiger partial charge in [0, 0.05) is 17.8 Å². The van der Waals surface area contributed by atoms with Gasteiger partial charge in [0.15, 0.2) is 11.5 Å². The number of rotatable bonds is 5. The zero-order valence-corrected chi connectivity index (χ0v) is 13.8. The number of nitrogens with zero attached hydrogens (tertiary/aromatic N) is 5. The number of carboxylic acid groups (broad SMARTS) is 1. The van der Waals surface area contributed by atoms with E-state index in [1.54, 1.807) is 18.2 Å². The predicted molar refractivity (Wildman–Crippen MR) is 87.2 cm³/mol. The van der Waals surface area contributed by atoms with Crippen LogP contribution in [0.2, 0.25) is 0 Å². The van der Waals surface area contributed by atoms with Crippen LogP contribution in [0.5, 0.6) is 5.88 Å². The van der Waals surface area contributed by atoms with Crippen molar-refractivity contribution in [3.05, 3.63) is 47.9 Å². The predicted octanol–water partition coefficient (Wildman–Crippen LogP) is 1.22. The number of esters is 1. The zero-order chi connectivity index (χ0) is 18.7. The maximum Gasteiger partial charge on any atom is 0.358 e. The molecule has 10 heteroatoms. The zero-order valence-electron chi connectivity index (χ0n) is 13.8. The number of carboxylic acids is 1. The van der Waals surface area contributed by atoms with Gasteiger partial charge in [0.25, 0.3) is 0 Å². The smallest absolute Gasteiger partial charge is 0.358 e. The number of pyridine rings is 1. The highest BCUT2D eigenvalue weighted by molar-refractivity contribution is 5.89. The summed E-state index contributed by atoms with van der Waals surface area (Å²) in [6, 6.07) is 7.61. The number of hydrogen-bond acceptors (Lipinski definition) is 8. The maximum atomic E-state index is 11.8. The van der Waals surface area contributed by atoms with Crippen molar-refractivity contribution in [2.45, 2.75) is 0 Å². The molecule has 3 aromatic rings. The fourth-order valence-electron chi connectivity index (χ4n) is 2.17. The van der Waals surface area contributed by atoms with Crippen molar-refractivity contribution < 1.29 is 24.2 Å². The first-order chi connectivity index (χ1) is 12.5.